The fourth-order valence-electron chi connectivity index (χ4n) is 3.56. The third kappa shape index (κ3) is 8.33. The normalized spacial score (nSPS) is 10.9. The molecule has 0 aliphatic heterocycles. The Labute approximate surface area is 249 Å². The van der Waals surface area contributed by atoms with Crippen molar-refractivity contribution < 1.29 is 19.0 Å². The second kappa shape index (κ2) is 14.2. The zero-order valence-corrected chi connectivity index (χ0v) is 24.9. The molecule has 0 bridgehead atoms. The van der Waals surface area contributed by atoms with E-state index in [4.69, 9.17) is 25.8 Å². The largest absolute Gasteiger partial charge is 0.490 e. The average molecular weight is 673 g/mol. The molecule has 9 heteroatoms. The molecule has 4 rings (SSSR count). The molecule has 4 aromatic rings. The molecule has 0 saturated carbocycles. The molecule has 0 fully saturated rings. The number of carbonyl (C=O) groups is 1. The minimum absolute atomic E-state index is 0.337. The van der Waals surface area contributed by atoms with Gasteiger partial charge in [0.15, 0.2) is 11.5 Å². The molecule has 0 saturated heterocycles. The van der Waals surface area contributed by atoms with Gasteiger partial charge in [-0.15, -0.1) is 0 Å². The van der Waals surface area contributed by atoms with Crippen LogP contribution in [0.3, 0.4) is 0 Å². The Morgan fingerprint density at radius 1 is 0.872 bits per heavy atom. The van der Waals surface area contributed by atoms with E-state index in [1.807, 2.05) is 73.7 Å². The second-order valence-corrected chi connectivity index (χ2v) is 10.5. The van der Waals surface area contributed by atoms with Crippen molar-refractivity contribution in [2.24, 2.45) is 5.10 Å². The lowest BCUT2D eigenvalue weighted by Gasteiger charge is -2.13. The lowest BCUT2D eigenvalue weighted by atomic mass is 10.2. The molecule has 0 spiro atoms. The van der Waals surface area contributed by atoms with Crippen molar-refractivity contribution in [2.45, 2.75) is 20.1 Å². The molecule has 0 heterocycles. The molecule has 0 aliphatic rings. The molecule has 1 amide bonds. The first-order valence-corrected chi connectivity index (χ1v) is 14.0. The maximum atomic E-state index is 12.9. The van der Waals surface area contributed by atoms with Crippen LogP contribution in [-0.4, -0.2) is 18.7 Å². The Kier molecular flexibility index (Phi) is 10.4. The summed E-state index contributed by atoms with van der Waals surface area (Å²) in [7, 11) is 0. The molecule has 0 unspecified atom stereocenters. The van der Waals surface area contributed by atoms with Gasteiger partial charge in [0.1, 0.15) is 19.0 Å². The van der Waals surface area contributed by atoms with Gasteiger partial charge in [-0.05, 0) is 76.4 Å². The van der Waals surface area contributed by atoms with Crippen LogP contribution in [0.1, 0.15) is 34.0 Å². The summed E-state index contributed by atoms with van der Waals surface area (Å²) in [6.07, 6.45) is 1.53. The van der Waals surface area contributed by atoms with Crippen molar-refractivity contribution in [3.63, 3.8) is 0 Å². The zero-order valence-electron chi connectivity index (χ0n) is 21.0. The highest BCUT2D eigenvalue weighted by atomic mass is 79.9. The Bertz CT molecular complexity index is 1450. The first kappa shape index (κ1) is 28.7. The number of halogens is 3. The molecule has 0 aromatic heterocycles. The van der Waals surface area contributed by atoms with E-state index in [9.17, 15) is 4.79 Å². The summed E-state index contributed by atoms with van der Waals surface area (Å²) >= 11 is 13.0. The first-order valence-electron chi connectivity index (χ1n) is 12.1. The molecular formula is C30H25Br2ClN2O4. The fraction of sp³-hybridized carbons (Fsp3) is 0.133. The Morgan fingerprint density at radius 3 is 2.33 bits per heavy atom. The molecule has 1 N–H and O–H groups in total. The topological polar surface area (TPSA) is 69.2 Å². The maximum absolute atomic E-state index is 12.9. The number of amides is 1. The number of hydrazone groups is 1. The van der Waals surface area contributed by atoms with E-state index in [1.165, 1.54) is 6.21 Å². The molecule has 0 aliphatic carbocycles. The highest BCUT2D eigenvalue weighted by Crippen LogP contribution is 2.33. The second-order valence-electron chi connectivity index (χ2n) is 8.29. The summed E-state index contributed by atoms with van der Waals surface area (Å²) in [4.78, 5) is 12.9. The van der Waals surface area contributed by atoms with Gasteiger partial charge < -0.3 is 14.2 Å². The van der Waals surface area contributed by atoms with Gasteiger partial charge in [-0.2, -0.15) is 5.10 Å². The fourth-order valence-corrected chi connectivity index (χ4v) is 5.06. The van der Waals surface area contributed by atoms with Gasteiger partial charge in [-0.25, -0.2) is 5.43 Å². The number of nitrogens with zero attached hydrogens (tertiary/aromatic N) is 1. The van der Waals surface area contributed by atoms with Crippen molar-refractivity contribution in [1.29, 1.82) is 0 Å². The van der Waals surface area contributed by atoms with Crippen LogP contribution >= 0.6 is 43.5 Å². The van der Waals surface area contributed by atoms with E-state index < -0.39 is 0 Å². The minimum atomic E-state index is -0.389. The summed E-state index contributed by atoms with van der Waals surface area (Å²) < 4.78 is 19.3. The number of ether oxygens (including phenoxy) is 3. The predicted molar refractivity (Wildman–Crippen MR) is 161 cm³/mol. The van der Waals surface area contributed by atoms with E-state index in [0.717, 1.165) is 20.1 Å². The third-order valence-electron chi connectivity index (χ3n) is 5.45. The predicted octanol–water partition coefficient (Wildman–Crippen LogP) is 8.19. The summed E-state index contributed by atoms with van der Waals surface area (Å²) in [6.45, 7) is 3.03. The number of rotatable bonds is 11. The van der Waals surface area contributed by atoms with Crippen molar-refractivity contribution in [1.82, 2.24) is 5.43 Å². The molecule has 200 valence electrons. The first-order chi connectivity index (χ1) is 18.9. The van der Waals surface area contributed by atoms with Crippen LogP contribution in [0.5, 0.6) is 17.2 Å². The standard InChI is InChI=1S/C30H25Br2ClN2O4/c1-2-37-28-15-22(10-13-27(28)38-18-20-6-4-3-5-7-20)30(36)35-34-17-23-14-24(31)16-26(32)29(23)39-19-21-8-11-25(33)12-9-21/h3-17H,2,18-19H2,1H3,(H,35,36)/b34-17+. The van der Waals surface area contributed by atoms with E-state index in [2.05, 4.69) is 42.4 Å². The number of carbonyl (C=O) groups excluding carboxylic acids is 1. The molecule has 4 aromatic carbocycles. The Balaban J connectivity index is 1.44. The zero-order chi connectivity index (χ0) is 27.6. The van der Waals surface area contributed by atoms with E-state index in [1.54, 1.807) is 18.2 Å². The van der Waals surface area contributed by atoms with Crippen molar-refractivity contribution in [3.8, 4) is 17.2 Å². The minimum Gasteiger partial charge on any atom is -0.490 e. The molecule has 39 heavy (non-hydrogen) atoms. The van der Waals surface area contributed by atoms with Crippen LogP contribution in [0.25, 0.3) is 0 Å². The monoisotopic (exact) mass is 670 g/mol. The summed E-state index contributed by atoms with van der Waals surface area (Å²) in [6, 6.07) is 26.0. The van der Waals surface area contributed by atoms with Crippen LogP contribution in [-0.2, 0) is 13.2 Å². The van der Waals surface area contributed by atoms with Gasteiger partial charge in [-0.1, -0.05) is 70.0 Å². The average Bonchev–Trinajstić information content (AvgIpc) is 2.93. The highest BCUT2D eigenvalue weighted by molar-refractivity contribution is 9.11. The van der Waals surface area contributed by atoms with Crippen LogP contribution < -0.4 is 19.6 Å². The van der Waals surface area contributed by atoms with Gasteiger partial charge in [0.2, 0.25) is 0 Å². The summed E-state index contributed by atoms with van der Waals surface area (Å²) in [5.41, 5.74) is 5.63. The van der Waals surface area contributed by atoms with Crippen LogP contribution in [0.2, 0.25) is 5.02 Å². The summed E-state index contributed by atoms with van der Waals surface area (Å²) in [5, 5.41) is 4.83. The van der Waals surface area contributed by atoms with Crippen molar-refractivity contribution in [3.05, 3.63) is 121 Å². The third-order valence-corrected chi connectivity index (χ3v) is 6.75. The molecule has 0 radical (unpaired) electrons. The van der Waals surface area contributed by atoms with Gasteiger partial charge in [0, 0.05) is 20.6 Å². The lowest BCUT2D eigenvalue weighted by Crippen LogP contribution is -2.18. The molecule has 0 atom stereocenters. The Hall–Kier alpha value is -3.33. The number of hydrogen-bond donors (Lipinski definition) is 1. The van der Waals surface area contributed by atoms with Gasteiger partial charge >= 0.3 is 0 Å². The highest BCUT2D eigenvalue weighted by Gasteiger charge is 2.13. The van der Waals surface area contributed by atoms with E-state index >= 15 is 0 Å². The maximum Gasteiger partial charge on any atom is 0.271 e. The quantitative estimate of drug-likeness (QED) is 0.129. The summed E-state index contributed by atoms with van der Waals surface area (Å²) in [5.74, 6) is 1.24. The van der Waals surface area contributed by atoms with Gasteiger partial charge in [-0.3, -0.25) is 4.79 Å². The van der Waals surface area contributed by atoms with Crippen LogP contribution in [0, 0.1) is 0 Å². The van der Waals surface area contributed by atoms with E-state index in [0.29, 0.717) is 53.2 Å². The van der Waals surface area contributed by atoms with Crippen molar-refractivity contribution in [2.75, 3.05) is 6.61 Å². The van der Waals surface area contributed by atoms with E-state index in [-0.39, 0.29) is 5.91 Å². The number of nitrogens with one attached hydrogen (secondary N) is 1. The molecular weight excluding hydrogens is 648 g/mol. The Morgan fingerprint density at radius 2 is 1.59 bits per heavy atom. The van der Waals surface area contributed by atoms with Gasteiger partial charge in [0.05, 0.1) is 17.3 Å². The molecule has 6 nitrogen and oxygen atoms in total. The van der Waals surface area contributed by atoms with Gasteiger partial charge in [0.25, 0.3) is 5.91 Å². The number of benzene rings is 4. The van der Waals surface area contributed by atoms with Crippen LogP contribution in [0.4, 0.5) is 0 Å². The number of hydrogen-bond acceptors (Lipinski definition) is 5. The van der Waals surface area contributed by atoms with Crippen LogP contribution in [0.15, 0.2) is 99.0 Å². The lowest BCUT2D eigenvalue weighted by molar-refractivity contribution is 0.0954. The SMILES string of the molecule is CCOc1cc(C(=O)N/N=C/c2cc(Br)cc(Br)c2OCc2ccc(Cl)cc2)ccc1OCc1ccccc1. The smallest absolute Gasteiger partial charge is 0.271 e. The van der Waals surface area contributed by atoms with Crippen molar-refractivity contribution >= 4 is 55.6 Å².